The summed E-state index contributed by atoms with van der Waals surface area (Å²) in [5.41, 5.74) is 0.262. The van der Waals surface area contributed by atoms with E-state index in [1.54, 1.807) is 57.2 Å². The molecule has 1 aromatic heterocycles. The van der Waals surface area contributed by atoms with Gasteiger partial charge in [-0.2, -0.15) is 31.4 Å². The maximum Gasteiger partial charge on any atom is 0.435 e. The molecule has 4 nitrogen and oxygen atoms in total. The maximum atomic E-state index is 13.4. The fourth-order valence-electron chi connectivity index (χ4n) is 3.85. The summed E-state index contributed by atoms with van der Waals surface area (Å²) in [6, 6.07) is 17.3. The summed E-state index contributed by atoms with van der Waals surface area (Å²) in [5.74, 6) is 0.613. The third kappa shape index (κ3) is 6.12. The Morgan fingerprint density at radius 1 is 0.842 bits per heavy atom. The molecule has 0 radical (unpaired) electrons. The molecule has 200 valence electrons. The second-order valence-corrected chi connectivity index (χ2v) is 8.91. The number of ether oxygens (including phenoxy) is 2. The Morgan fingerprint density at radius 2 is 1.53 bits per heavy atom. The summed E-state index contributed by atoms with van der Waals surface area (Å²) >= 11 is 0. The highest BCUT2D eigenvalue weighted by Gasteiger charge is 2.35. The van der Waals surface area contributed by atoms with E-state index in [0.717, 1.165) is 23.8 Å². The van der Waals surface area contributed by atoms with Crippen LogP contribution in [0.2, 0.25) is 0 Å². The number of para-hydroxylation sites is 1. The van der Waals surface area contributed by atoms with Crippen LogP contribution < -0.4 is 9.47 Å². The molecule has 0 fully saturated rings. The van der Waals surface area contributed by atoms with Gasteiger partial charge in [0.05, 0.1) is 23.0 Å². The van der Waals surface area contributed by atoms with Crippen LogP contribution in [0, 0.1) is 6.92 Å². The molecule has 0 aliphatic carbocycles. The molecule has 0 bridgehead atoms. The molecule has 1 heterocycles. The van der Waals surface area contributed by atoms with Gasteiger partial charge in [-0.3, -0.25) is 0 Å². The molecule has 10 heteroatoms. The second kappa shape index (κ2) is 10.4. The molecule has 38 heavy (non-hydrogen) atoms. The third-order valence-electron chi connectivity index (χ3n) is 5.64. The topological polar surface area (TPSA) is 36.3 Å². The number of rotatable bonds is 7. The smallest absolute Gasteiger partial charge is 0.435 e. The number of hydrogen-bond donors (Lipinski definition) is 0. The van der Waals surface area contributed by atoms with Crippen LogP contribution >= 0.6 is 0 Å². The molecule has 0 atom stereocenters. The van der Waals surface area contributed by atoms with Crippen molar-refractivity contribution in [2.75, 3.05) is 0 Å². The van der Waals surface area contributed by atoms with Gasteiger partial charge in [0.25, 0.3) is 0 Å². The Labute approximate surface area is 215 Å². The van der Waals surface area contributed by atoms with E-state index in [9.17, 15) is 26.3 Å². The zero-order valence-electron chi connectivity index (χ0n) is 20.7. The quantitative estimate of drug-likeness (QED) is 0.224. The first-order valence-electron chi connectivity index (χ1n) is 11.7. The minimum atomic E-state index is -4.63. The molecule has 0 aliphatic heterocycles. The van der Waals surface area contributed by atoms with E-state index < -0.39 is 23.6 Å². The van der Waals surface area contributed by atoms with Crippen LogP contribution in [0.1, 0.15) is 36.4 Å². The molecule has 3 aromatic carbocycles. The Balaban J connectivity index is 1.61. The van der Waals surface area contributed by atoms with Crippen LogP contribution in [0.4, 0.5) is 26.3 Å². The summed E-state index contributed by atoms with van der Waals surface area (Å²) in [6.07, 6.45) is -9.41. The highest BCUT2D eigenvalue weighted by molar-refractivity contribution is 5.72. The average molecular weight is 535 g/mol. The lowest BCUT2D eigenvalue weighted by Gasteiger charge is -2.17. The standard InChI is InChI=1S/C28H24F6N2O2/c1-17(2)38-25-13-10-20(27(29,30)31)14-23(25)19-8-11-22(12-9-19)37-16-21-15-26(28(32,33)34)35-36(21)24-7-5-4-6-18(24)3/h4-15,17H,16H2,1-3H3. The molecule has 0 aliphatic rings. The van der Waals surface area contributed by atoms with E-state index in [-0.39, 0.29) is 24.0 Å². The first kappa shape index (κ1) is 27.1. The van der Waals surface area contributed by atoms with Crippen LogP contribution in [0.5, 0.6) is 11.5 Å². The van der Waals surface area contributed by atoms with Gasteiger partial charge in [-0.15, -0.1) is 0 Å². The molecule has 0 saturated carbocycles. The molecule has 0 amide bonds. The molecular formula is C28H24F6N2O2. The van der Waals surface area contributed by atoms with Crippen LogP contribution in [0.25, 0.3) is 16.8 Å². The lowest BCUT2D eigenvalue weighted by Crippen LogP contribution is -2.09. The number of halogens is 6. The fraction of sp³-hybridized carbons (Fsp3) is 0.250. The molecule has 0 saturated heterocycles. The minimum absolute atomic E-state index is 0.182. The van der Waals surface area contributed by atoms with Gasteiger partial charge in [-0.1, -0.05) is 30.3 Å². The zero-order chi connectivity index (χ0) is 27.7. The Bertz CT molecular complexity index is 1410. The van der Waals surface area contributed by atoms with E-state index in [1.807, 2.05) is 0 Å². The number of aryl methyl sites for hydroxylation is 1. The van der Waals surface area contributed by atoms with Gasteiger partial charge in [0.15, 0.2) is 5.69 Å². The van der Waals surface area contributed by atoms with Gasteiger partial charge < -0.3 is 9.47 Å². The highest BCUT2D eigenvalue weighted by Crippen LogP contribution is 2.38. The second-order valence-electron chi connectivity index (χ2n) is 8.91. The summed E-state index contributed by atoms with van der Waals surface area (Å²) in [7, 11) is 0. The summed E-state index contributed by atoms with van der Waals surface area (Å²) in [6.45, 7) is 5.08. The van der Waals surface area contributed by atoms with E-state index in [2.05, 4.69) is 5.10 Å². The van der Waals surface area contributed by atoms with Gasteiger partial charge in [0.2, 0.25) is 0 Å². The van der Waals surface area contributed by atoms with Gasteiger partial charge in [0.1, 0.15) is 18.1 Å². The average Bonchev–Trinajstić information content (AvgIpc) is 3.27. The predicted octanol–water partition coefficient (Wildman–Crippen LogP) is 8.25. The van der Waals surface area contributed by atoms with Crippen molar-refractivity contribution < 1.29 is 35.8 Å². The van der Waals surface area contributed by atoms with Crippen LogP contribution in [-0.2, 0) is 19.0 Å². The highest BCUT2D eigenvalue weighted by atomic mass is 19.4. The van der Waals surface area contributed by atoms with Crippen molar-refractivity contribution >= 4 is 0 Å². The van der Waals surface area contributed by atoms with Crippen molar-refractivity contribution in [3.05, 3.63) is 95.3 Å². The van der Waals surface area contributed by atoms with Crippen molar-refractivity contribution in [1.29, 1.82) is 0 Å². The Kier molecular flexibility index (Phi) is 7.44. The summed E-state index contributed by atoms with van der Waals surface area (Å²) < 4.78 is 92.8. The van der Waals surface area contributed by atoms with Crippen LogP contribution in [0.15, 0.2) is 72.8 Å². The van der Waals surface area contributed by atoms with Crippen LogP contribution in [0.3, 0.4) is 0 Å². The van der Waals surface area contributed by atoms with Gasteiger partial charge in [0, 0.05) is 5.56 Å². The van der Waals surface area contributed by atoms with E-state index in [1.165, 1.54) is 22.9 Å². The van der Waals surface area contributed by atoms with E-state index >= 15 is 0 Å². The van der Waals surface area contributed by atoms with Crippen molar-refractivity contribution in [2.45, 2.75) is 45.8 Å². The molecule has 4 aromatic rings. The molecule has 0 N–H and O–H groups in total. The molecule has 0 unspecified atom stereocenters. The van der Waals surface area contributed by atoms with E-state index in [0.29, 0.717) is 22.7 Å². The van der Waals surface area contributed by atoms with Crippen molar-refractivity contribution in [3.63, 3.8) is 0 Å². The fourth-order valence-corrected chi connectivity index (χ4v) is 3.85. The molecule has 4 rings (SSSR count). The molecular weight excluding hydrogens is 510 g/mol. The number of alkyl halides is 6. The zero-order valence-corrected chi connectivity index (χ0v) is 20.7. The summed E-state index contributed by atoms with van der Waals surface area (Å²) in [5, 5.41) is 3.75. The minimum Gasteiger partial charge on any atom is -0.490 e. The van der Waals surface area contributed by atoms with Crippen molar-refractivity contribution in [2.24, 2.45) is 0 Å². The number of benzene rings is 3. The normalized spacial score (nSPS) is 12.2. The third-order valence-corrected chi connectivity index (χ3v) is 5.64. The SMILES string of the molecule is Cc1ccccc1-n1nc(C(F)(F)F)cc1COc1ccc(-c2cc(C(F)(F)F)ccc2OC(C)C)cc1. The predicted molar refractivity (Wildman–Crippen MR) is 130 cm³/mol. The van der Waals surface area contributed by atoms with E-state index in [4.69, 9.17) is 9.47 Å². The van der Waals surface area contributed by atoms with Gasteiger partial charge >= 0.3 is 12.4 Å². The largest absolute Gasteiger partial charge is 0.490 e. The van der Waals surface area contributed by atoms with Crippen molar-refractivity contribution in [1.82, 2.24) is 9.78 Å². The summed E-state index contributed by atoms with van der Waals surface area (Å²) in [4.78, 5) is 0. The number of aromatic nitrogens is 2. The maximum absolute atomic E-state index is 13.4. The lowest BCUT2D eigenvalue weighted by molar-refractivity contribution is -0.141. The van der Waals surface area contributed by atoms with Gasteiger partial charge in [-0.05, 0) is 74.4 Å². The first-order valence-corrected chi connectivity index (χ1v) is 11.7. The lowest BCUT2D eigenvalue weighted by atomic mass is 10.0. The Morgan fingerprint density at radius 3 is 2.13 bits per heavy atom. The van der Waals surface area contributed by atoms with Crippen LogP contribution in [-0.4, -0.2) is 15.9 Å². The number of nitrogens with zero attached hydrogens (tertiary/aromatic N) is 2. The van der Waals surface area contributed by atoms with Crippen molar-refractivity contribution in [3.8, 4) is 28.3 Å². The number of hydrogen-bond acceptors (Lipinski definition) is 3. The Hall–Kier alpha value is -3.95. The first-order chi connectivity index (χ1) is 17.8. The monoisotopic (exact) mass is 534 g/mol. The van der Waals surface area contributed by atoms with Gasteiger partial charge in [-0.25, -0.2) is 4.68 Å². The molecule has 0 spiro atoms.